The molecule has 1 rings (SSSR count). The van der Waals surface area contributed by atoms with Crippen LogP contribution in [0.2, 0.25) is 0 Å². The Morgan fingerprint density at radius 1 is 1.61 bits per heavy atom. The van der Waals surface area contributed by atoms with Crippen molar-refractivity contribution < 1.29 is 9.90 Å². The number of aliphatic hydroxyl groups excluding tert-OH is 1. The average molecular weight is 314 g/mol. The van der Waals surface area contributed by atoms with Crippen LogP contribution < -0.4 is 5.32 Å². The van der Waals surface area contributed by atoms with E-state index in [2.05, 4.69) is 32.8 Å². The van der Waals surface area contributed by atoms with Crippen LogP contribution in [0.15, 0.2) is 35.5 Å². The van der Waals surface area contributed by atoms with Gasteiger partial charge in [0.05, 0.1) is 13.2 Å². The predicted molar refractivity (Wildman–Crippen MR) is 74.3 cm³/mol. The number of halogens is 1. The summed E-state index contributed by atoms with van der Waals surface area (Å²) < 4.78 is 0.856. The van der Waals surface area contributed by atoms with E-state index in [4.69, 9.17) is 5.11 Å². The molecular weight excluding hydrogens is 298 g/mol. The summed E-state index contributed by atoms with van der Waals surface area (Å²) in [6.45, 7) is 4.82. The summed E-state index contributed by atoms with van der Waals surface area (Å²) in [4.78, 5) is 17.6. The largest absolute Gasteiger partial charge is 0.395 e. The number of anilines is 1. The van der Waals surface area contributed by atoms with Gasteiger partial charge in [0.1, 0.15) is 5.82 Å². The number of carbonyl (C=O) groups is 1. The maximum absolute atomic E-state index is 11.7. The van der Waals surface area contributed by atoms with Crippen LogP contribution in [0.3, 0.4) is 0 Å². The first-order valence-electron chi connectivity index (χ1n) is 5.51. The van der Waals surface area contributed by atoms with E-state index in [0.29, 0.717) is 18.9 Å². The van der Waals surface area contributed by atoms with E-state index in [1.165, 1.54) is 0 Å². The summed E-state index contributed by atoms with van der Waals surface area (Å²) in [6, 6.07) is 3.52. The van der Waals surface area contributed by atoms with Gasteiger partial charge in [0, 0.05) is 23.8 Å². The van der Waals surface area contributed by atoms with Crippen LogP contribution in [-0.2, 0) is 4.79 Å². The molecule has 0 aliphatic carbocycles. The van der Waals surface area contributed by atoms with Gasteiger partial charge in [-0.15, -0.1) is 6.58 Å². The van der Waals surface area contributed by atoms with Gasteiger partial charge in [0.25, 0.3) is 0 Å². The first kappa shape index (κ1) is 14.8. The topological polar surface area (TPSA) is 65.5 Å². The molecule has 0 bridgehead atoms. The number of aromatic nitrogens is 1. The van der Waals surface area contributed by atoms with Gasteiger partial charge in [-0.25, -0.2) is 4.98 Å². The third kappa shape index (κ3) is 5.39. The Bertz CT molecular complexity index is 395. The summed E-state index contributed by atoms with van der Waals surface area (Å²) in [6.07, 6.45) is 3.31. The van der Waals surface area contributed by atoms with Crippen LogP contribution in [0.5, 0.6) is 0 Å². The molecule has 0 unspecified atom stereocenters. The smallest absolute Gasteiger partial charge is 0.239 e. The number of nitrogens with one attached hydrogen (secondary N) is 1. The Morgan fingerprint density at radius 3 is 2.94 bits per heavy atom. The minimum Gasteiger partial charge on any atom is -0.395 e. The van der Waals surface area contributed by atoms with Crippen LogP contribution in [0.1, 0.15) is 0 Å². The molecule has 0 aliphatic heterocycles. The zero-order valence-electron chi connectivity index (χ0n) is 9.97. The second kappa shape index (κ2) is 7.97. The lowest BCUT2D eigenvalue weighted by Gasteiger charge is -2.18. The van der Waals surface area contributed by atoms with Gasteiger partial charge in [0.15, 0.2) is 0 Å². The van der Waals surface area contributed by atoms with Crippen molar-refractivity contribution in [1.82, 2.24) is 9.88 Å². The van der Waals surface area contributed by atoms with Crippen molar-refractivity contribution in [3.63, 3.8) is 0 Å². The third-order valence-corrected chi connectivity index (χ3v) is 2.63. The summed E-state index contributed by atoms with van der Waals surface area (Å²) in [5, 5.41) is 11.6. The molecule has 0 fully saturated rings. The molecule has 1 aromatic rings. The Morgan fingerprint density at radius 2 is 2.39 bits per heavy atom. The van der Waals surface area contributed by atoms with Gasteiger partial charge in [-0.05, 0) is 28.1 Å². The average Bonchev–Trinajstić information content (AvgIpc) is 2.33. The standard InChI is InChI=1S/C12H16BrN3O2/c1-2-5-16(6-7-17)9-12(18)15-11-4-3-10(13)8-14-11/h2-4,8,17H,1,5-7,9H2,(H,14,15,18). The molecule has 0 aliphatic rings. The highest BCUT2D eigenvalue weighted by molar-refractivity contribution is 9.10. The molecule has 0 saturated heterocycles. The number of hydrogen-bond donors (Lipinski definition) is 2. The predicted octanol–water partition coefficient (Wildman–Crippen LogP) is 1.26. The second-order valence-electron chi connectivity index (χ2n) is 3.66. The maximum Gasteiger partial charge on any atom is 0.239 e. The van der Waals surface area contributed by atoms with Gasteiger partial charge in [-0.3, -0.25) is 9.69 Å². The van der Waals surface area contributed by atoms with E-state index in [-0.39, 0.29) is 19.1 Å². The van der Waals surface area contributed by atoms with E-state index >= 15 is 0 Å². The van der Waals surface area contributed by atoms with E-state index < -0.39 is 0 Å². The first-order chi connectivity index (χ1) is 8.65. The summed E-state index contributed by atoms with van der Waals surface area (Å²) in [5.74, 6) is 0.339. The Kier molecular flexibility index (Phi) is 6.56. The number of rotatable bonds is 7. The van der Waals surface area contributed by atoms with Crippen LogP contribution in [0, 0.1) is 0 Å². The highest BCUT2D eigenvalue weighted by Gasteiger charge is 2.09. The van der Waals surface area contributed by atoms with Crippen LogP contribution in [0.4, 0.5) is 5.82 Å². The second-order valence-corrected chi connectivity index (χ2v) is 4.57. The Labute approximate surface area is 115 Å². The fraction of sp³-hybridized carbons (Fsp3) is 0.333. The van der Waals surface area contributed by atoms with Gasteiger partial charge in [-0.1, -0.05) is 6.08 Å². The lowest BCUT2D eigenvalue weighted by atomic mass is 10.4. The van der Waals surface area contributed by atoms with Gasteiger partial charge >= 0.3 is 0 Å². The van der Waals surface area contributed by atoms with Crippen molar-refractivity contribution in [2.24, 2.45) is 0 Å². The van der Waals surface area contributed by atoms with Crippen molar-refractivity contribution in [3.8, 4) is 0 Å². The molecule has 0 atom stereocenters. The summed E-state index contributed by atoms with van der Waals surface area (Å²) in [5.41, 5.74) is 0. The molecule has 0 radical (unpaired) electrons. The lowest BCUT2D eigenvalue weighted by molar-refractivity contribution is -0.117. The fourth-order valence-corrected chi connectivity index (χ4v) is 1.63. The van der Waals surface area contributed by atoms with E-state index in [0.717, 1.165) is 4.47 Å². The minimum atomic E-state index is -0.167. The fourth-order valence-electron chi connectivity index (χ4n) is 1.39. The van der Waals surface area contributed by atoms with E-state index in [1.807, 2.05) is 0 Å². The van der Waals surface area contributed by atoms with Crippen molar-refractivity contribution >= 4 is 27.7 Å². The Hall–Kier alpha value is -1.24. The number of aliphatic hydroxyl groups is 1. The normalized spacial score (nSPS) is 10.4. The van der Waals surface area contributed by atoms with Gasteiger partial charge in [0.2, 0.25) is 5.91 Å². The first-order valence-corrected chi connectivity index (χ1v) is 6.30. The number of amides is 1. The molecule has 1 aromatic heterocycles. The third-order valence-electron chi connectivity index (χ3n) is 2.17. The van der Waals surface area contributed by atoms with Crippen molar-refractivity contribution in [1.29, 1.82) is 0 Å². The molecule has 2 N–H and O–H groups in total. The van der Waals surface area contributed by atoms with Crippen LogP contribution in [0.25, 0.3) is 0 Å². The molecule has 0 aromatic carbocycles. The molecule has 6 heteroatoms. The molecular formula is C12H16BrN3O2. The number of pyridine rings is 1. The molecule has 18 heavy (non-hydrogen) atoms. The van der Waals surface area contributed by atoms with Crippen molar-refractivity contribution in [3.05, 3.63) is 35.5 Å². The van der Waals surface area contributed by atoms with Crippen molar-refractivity contribution in [2.75, 3.05) is 31.6 Å². The molecule has 98 valence electrons. The maximum atomic E-state index is 11.7. The molecule has 1 amide bonds. The monoisotopic (exact) mass is 313 g/mol. The zero-order valence-corrected chi connectivity index (χ0v) is 11.6. The quantitative estimate of drug-likeness (QED) is 0.744. The van der Waals surface area contributed by atoms with Crippen LogP contribution >= 0.6 is 15.9 Å². The highest BCUT2D eigenvalue weighted by atomic mass is 79.9. The van der Waals surface area contributed by atoms with E-state index in [1.54, 1.807) is 29.3 Å². The SMILES string of the molecule is C=CCN(CCO)CC(=O)Nc1ccc(Br)cn1. The van der Waals surface area contributed by atoms with Crippen molar-refractivity contribution in [2.45, 2.75) is 0 Å². The number of carbonyl (C=O) groups excluding carboxylic acids is 1. The molecule has 0 saturated carbocycles. The number of hydrogen-bond acceptors (Lipinski definition) is 4. The summed E-state index contributed by atoms with van der Waals surface area (Å²) >= 11 is 3.27. The molecule has 5 nitrogen and oxygen atoms in total. The zero-order chi connectivity index (χ0) is 13.4. The Balaban J connectivity index is 2.48. The van der Waals surface area contributed by atoms with E-state index in [9.17, 15) is 4.79 Å². The van der Waals surface area contributed by atoms with Gasteiger partial charge in [-0.2, -0.15) is 0 Å². The van der Waals surface area contributed by atoms with Gasteiger partial charge < -0.3 is 10.4 Å². The minimum absolute atomic E-state index is 0.0116. The number of nitrogens with zero attached hydrogens (tertiary/aromatic N) is 2. The van der Waals surface area contributed by atoms with Crippen LogP contribution in [-0.4, -0.2) is 47.1 Å². The lowest BCUT2D eigenvalue weighted by Crippen LogP contribution is -2.35. The summed E-state index contributed by atoms with van der Waals surface area (Å²) in [7, 11) is 0. The molecule has 0 spiro atoms. The molecule has 1 heterocycles. The highest BCUT2D eigenvalue weighted by Crippen LogP contribution is 2.10.